The van der Waals surface area contributed by atoms with Gasteiger partial charge in [0.1, 0.15) is 30.3 Å². The number of esters is 1. The number of methoxy groups -OCH3 is 4. The van der Waals surface area contributed by atoms with Crippen LogP contribution in [0.5, 0.6) is 11.5 Å². The quantitative estimate of drug-likeness (QED) is 0.0203. The molecule has 0 amide bonds. The van der Waals surface area contributed by atoms with E-state index in [0.29, 0.717) is 39.8 Å². The maximum Gasteiger partial charge on any atom is 0.573 e. The molecule has 4 aromatic carbocycles. The number of ether oxygens (including phenoxy) is 6. The van der Waals surface area contributed by atoms with Crippen LogP contribution in [0.15, 0.2) is 102 Å². The van der Waals surface area contributed by atoms with Crippen molar-refractivity contribution in [2.75, 3.05) is 35.5 Å². The van der Waals surface area contributed by atoms with E-state index < -0.39 is 24.4 Å². The lowest BCUT2D eigenvalue weighted by Gasteiger charge is -2.14. The Balaban J connectivity index is 0.000000602. The highest BCUT2D eigenvalue weighted by atomic mass is 35.5. The Kier molecular flexibility index (Phi) is 25.3. The number of alkyl halides is 6. The number of oxime groups is 2. The van der Waals surface area contributed by atoms with Crippen LogP contribution < -0.4 is 9.47 Å². The molecule has 4 rings (SSSR count). The van der Waals surface area contributed by atoms with E-state index in [1.54, 1.807) is 51.5 Å². The number of nitrogens with zero attached hydrogens (tertiary/aromatic N) is 2. The van der Waals surface area contributed by atoms with Crippen LogP contribution in [-0.2, 0) is 51.4 Å². The summed E-state index contributed by atoms with van der Waals surface area (Å²) < 4.78 is 102. The third-order valence-corrected chi connectivity index (χ3v) is 8.63. The third-order valence-electron chi connectivity index (χ3n) is 8.32. The van der Waals surface area contributed by atoms with Gasteiger partial charge >= 0.3 is 18.7 Å². The predicted molar refractivity (Wildman–Crippen MR) is 240 cm³/mol. The minimum Gasteiger partial charge on any atom is -0.504 e. The second-order valence-corrected chi connectivity index (χ2v) is 13.3. The standard InChI is InChI=1S/C22H22F3NO5.C21H19ClF3NO4.C2H6O.C2H6/c1-14-8-7-10-17(19(12-28-3)21(27)29-4)18(14)13-30-26-15(2)16-9-5-6-11-20(16)31-22(23,24)25;1-13-5-4-6-18(15(10-27)11-28-3)19(13)12-29-26-14(2)17-8-7-16(9-20(17)22)30-21(23,24)25;1-3-2;1-2/h5-12H,13H2,1-4H3;4-11H,12H2,1-3H3;1-2H3;1-2H3/b19-12+,26-15+;15-11-,26-14+;;. The fourth-order valence-electron chi connectivity index (χ4n) is 5.49. The molecule has 0 unspecified atom stereocenters. The third kappa shape index (κ3) is 19.3. The minimum absolute atomic E-state index is 0.0319. The molecule has 360 valence electrons. The van der Waals surface area contributed by atoms with Crippen LogP contribution in [-0.4, -0.2) is 72.0 Å². The molecule has 0 radical (unpaired) electrons. The van der Waals surface area contributed by atoms with E-state index in [1.807, 2.05) is 39.8 Å². The molecule has 4 aromatic rings. The van der Waals surface area contributed by atoms with E-state index in [0.717, 1.165) is 28.8 Å². The van der Waals surface area contributed by atoms with Crippen LogP contribution in [0.1, 0.15) is 72.2 Å². The van der Waals surface area contributed by atoms with E-state index >= 15 is 0 Å². The van der Waals surface area contributed by atoms with Crippen LogP contribution in [0.4, 0.5) is 26.3 Å². The van der Waals surface area contributed by atoms with Crippen LogP contribution in [0.2, 0.25) is 5.02 Å². The fraction of sp³-hybridized carbons (Fsp3) is 0.319. The molecule has 12 nitrogen and oxygen atoms in total. The first kappa shape index (κ1) is 57.5. The molecular formula is C47H53ClF6N2O10. The molecule has 0 atom stereocenters. The monoisotopic (exact) mass is 954 g/mol. The lowest BCUT2D eigenvalue weighted by Crippen LogP contribution is -2.18. The van der Waals surface area contributed by atoms with Crippen molar-refractivity contribution in [2.24, 2.45) is 10.3 Å². The zero-order chi connectivity index (χ0) is 50.0. The van der Waals surface area contributed by atoms with Crippen molar-refractivity contribution < 1.29 is 74.0 Å². The van der Waals surface area contributed by atoms with Gasteiger partial charge in [0.05, 0.1) is 55.9 Å². The number of rotatable bonds is 16. The Morgan fingerprint density at radius 3 is 1.62 bits per heavy atom. The van der Waals surface area contributed by atoms with Crippen molar-refractivity contribution in [3.63, 3.8) is 0 Å². The molecule has 0 N–H and O–H groups in total. The number of benzene rings is 4. The van der Waals surface area contributed by atoms with Gasteiger partial charge in [0, 0.05) is 36.5 Å². The lowest BCUT2D eigenvalue weighted by molar-refractivity contribution is -0.275. The van der Waals surface area contributed by atoms with Gasteiger partial charge in [0.15, 0.2) is 6.29 Å². The molecule has 0 aliphatic heterocycles. The largest absolute Gasteiger partial charge is 0.573 e. The summed E-state index contributed by atoms with van der Waals surface area (Å²) in [6, 6.07) is 19.9. The number of aldehydes is 1. The van der Waals surface area contributed by atoms with Gasteiger partial charge in [0.25, 0.3) is 0 Å². The fourth-order valence-corrected chi connectivity index (χ4v) is 5.80. The number of hydrogen-bond donors (Lipinski definition) is 0. The first-order valence-electron chi connectivity index (χ1n) is 19.6. The molecule has 0 fully saturated rings. The number of carbonyl (C=O) groups excluding carboxylic acids is 2. The number of halogens is 7. The van der Waals surface area contributed by atoms with Crippen LogP contribution in [0.25, 0.3) is 11.1 Å². The van der Waals surface area contributed by atoms with Crippen molar-refractivity contribution in [3.05, 3.63) is 141 Å². The van der Waals surface area contributed by atoms with Gasteiger partial charge < -0.3 is 38.1 Å². The van der Waals surface area contributed by atoms with E-state index in [9.17, 15) is 35.9 Å². The number of carbonyl (C=O) groups is 2. The molecule has 0 saturated heterocycles. The van der Waals surface area contributed by atoms with Crippen molar-refractivity contribution in [1.82, 2.24) is 0 Å². The summed E-state index contributed by atoms with van der Waals surface area (Å²) in [7, 11) is 7.35. The maximum absolute atomic E-state index is 12.6. The van der Waals surface area contributed by atoms with Gasteiger partial charge in [-0.2, -0.15) is 0 Å². The van der Waals surface area contributed by atoms with Crippen molar-refractivity contribution >= 4 is 46.4 Å². The number of para-hydroxylation sites is 1. The Bertz CT molecular complexity index is 2290. The Morgan fingerprint density at radius 2 is 1.14 bits per heavy atom. The van der Waals surface area contributed by atoms with E-state index in [-0.39, 0.29) is 40.8 Å². The predicted octanol–water partition coefficient (Wildman–Crippen LogP) is 12.0. The smallest absolute Gasteiger partial charge is 0.504 e. The van der Waals surface area contributed by atoms with Gasteiger partial charge in [-0.15, -0.1) is 26.3 Å². The summed E-state index contributed by atoms with van der Waals surface area (Å²) in [5, 5.41) is 7.97. The van der Waals surface area contributed by atoms with Crippen molar-refractivity contribution in [1.29, 1.82) is 0 Å². The summed E-state index contributed by atoms with van der Waals surface area (Å²) in [5.41, 5.74) is 5.88. The summed E-state index contributed by atoms with van der Waals surface area (Å²) in [6.07, 6.45) is -6.35. The van der Waals surface area contributed by atoms with Crippen molar-refractivity contribution in [2.45, 2.75) is 67.5 Å². The maximum atomic E-state index is 12.6. The first-order chi connectivity index (χ1) is 31.2. The number of allylic oxidation sites excluding steroid dienone is 1. The van der Waals surface area contributed by atoms with Crippen LogP contribution in [0, 0.1) is 13.8 Å². The summed E-state index contributed by atoms with van der Waals surface area (Å²) in [5.74, 6) is -1.40. The molecule has 0 aliphatic rings. The molecular weight excluding hydrogens is 902 g/mol. The molecule has 19 heteroatoms. The molecule has 0 aliphatic carbocycles. The summed E-state index contributed by atoms with van der Waals surface area (Å²) in [4.78, 5) is 34.4. The molecule has 0 bridgehead atoms. The number of hydrogen-bond acceptors (Lipinski definition) is 12. The van der Waals surface area contributed by atoms with Crippen LogP contribution >= 0.6 is 11.6 Å². The highest BCUT2D eigenvalue weighted by Gasteiger charge is 2.33. The first-order valence-corrected chi connectivity index (χ1v) is 19.9. The number of aryl methyl sites for hydroxylation is 2. The zero-order valence-electron chi connectivity index (χ0n) is 38.3. The van der Waals surface area contributed by atoms with Gasteiger partial charge in [-0.25, -0.2) is 4.79 Å². The average Bonchev–Trinajstić information content (AvgIpc) is 3.26. The molecule has 0 aromatic heterocycles. The second-order valence-electron chi connectivity index (χ2n) is 12.9. The highest BCUT2D eigenvalue weighted by Crippen LogP contribution is 2.30. The molecule has 0 spiro atoms. The lowest BCUT2D eigenvalue weighted by atomic mass is 9.97. The average molecular weight is 955 g/mol. The van der Waals surface area contributed by atoms with E-state index in [1.165, 1.54) is 65.0 Å². The minimum atomic E-state index is -4.83. The van der Waals surface area contributed by atoms with Gasteiger partial charge in [-0.3, -0.25) is 4.79 Å². The van der Waals surface area contributed by atoms with Crippen LogP contribution in [0.3, 0.4) is 0 Å². The topological polar surface area (TPSA) is 133 Å². The van der Waals surface area contributed by atoms with Gasteiger partial charge in [0.2, 0.25) is 0 Å². The zero-order valence-corrected chi connectivity index (χ0v) is 39.0. The molecule has 66 heavy (non-hydrogen) atoms. The highest BCUT2D eigenvalue weighted by molar-refractivity contribution is 6.34. The Morgan fingerprint density at radius 1 is 0.652 bits per heavy atom. The normalized spacial score (nSPS) is 11.8. The molecule has 0 heterocycles. The summed E-state index contributed by atoms with van der Waals surface area (Å²) >= 11 is 6.05. The van der Waals surface area contributed by atoms with E-state index in [2.05, 4.69) is 24.5 Å². The SMILES string of the molecule is CC.CO/C=C(/C(=O)OC)c1cccc(C)c1CO/N=C(\C)c1ccccc1OC(F)(F)F.CO/C=C(/C=O)c1cccc(C)c1CO/N=C(\C)c1ccc(OC(F)(F)F)cc1Cl.COC. The van der Waals surface area contributed by atoms with E-state index in [4.69, 9.17) is 35.5 Å². The Hall–Kier alpha value is -6.53. The van der Waals surface area contributed by atoms with Crippen molar-refractivity contribution in [3.8, 4) is 11.5 Å². The van der Waals surface area contributed by atoms with Gasteiger partial charge in [-0.1, -0.05) is 84.3 Å². The molecule has 0 saturated carbocycles. The summed E-state index contributed by atoms with van der Waals surface area (Å²) in [6.45, 7) is 10.8. The Labute approximate surface area is 385 Å². The van der Waals surface area contributed by atoms with Gasteiger partial charge in [-0.05, 0) is 80.3 Å². The second kappa shape index (κ2) is 29.1.